The van der Waals surface area contributed by atoms with Crippen LogP contribution in [0.3, 0.4) is 0 Å². The highest BCUT2D eigenvalue weighted by atomic mass is 16.2. The third-order valence-corrected chi connectivity index (χ3v) is 4.50. The fourth-order valence-corrected chi connectivity index (χ4v) is 2.98. The summed E-state index contributed by atoms with van der Waals surface area (Å²) in [4.78, 5) is 39.2. The number of rotatable bonds is 7. The lowest BCUT2D eigenvalue weighted by Crippen LogP contribution is -2.44. The van der Waals surface area contributed by atoms with Crippen LogP contribution in [0.25, 0.3) is 0 Å². The van der Waals surface area contributed by atoms with Crippen molar-refractivity contribution in [2.75, 3.05) is 19.4 Å². The van der Waals surface area contributed by atoms with E-state index in [1.54, 1.807) is 50.5 Å². The zero-order valence-electron chi connectivity index (χ0n) is 17.7. The highest BCUT2D eigenvalue weighted by Crippen LogP contribution is 2.15. The quantitative estimate of drug-likeness (QED) is 0.753. The maximum atomic E-state index is 12.9. The summed E-state index contributed by atoms with van der Waals surface area (Å²) in [5, 5.41) is 5.68. The predicted molar refractivity (Wildman–Crippen MR) is 115 cm³/mol. The van der Waals surface area contributed by atoms with Crippen molar-refractivity contribution in [3.8, 4) is 0 Å². The Labute approximate surface area is 172 Å². The Bertz CT molecular complexity index is 890. The van der Waals surface area contributed by atoms with Gasteiger partial charge in [-0.2, -0.15) is 0 Å². The molecule has 1 unspecified atom stereocenters. The Morgan fingerprint density at radius 3 is 2.31 bits per heavy atom. The number of nitrogens with zero attached hydrogens (tertiary/aromatic N) is 1. The Morgan fingerprint density at radius 1 is 1.00 bits per heavy atom. The largest absolute Gasteiger partial charge is 0.345 e. The molecule has 2 aromatic carbocycles. The number of aryl methyl sites for hydroxylation is 1. The smallest absolute Gasteiger partial charge is 0.253 e. The average molecular weight is 396 g/mol. The average Bonchev–Trinajstić information content (AvgIpc) is 2.66. The third kappa shape index (κ3) is 6.17. The van der Waals surface area contributed by atoms with Crippen LogP contribution in [-0.4, -0.2) is 42.8 Å². The van der Waals surface area contributed by atoms with Gasteiger partial charge in [-0.15, -0.1) is 0 Å². The van der Waals surface area contributed by atoms with Gasteiger partial charge >= 0.3 is 0 Å². The molecule has 2 aromatic rings. The van der Waals surface area contributed by atoms with Crippen LogP contribution in [0.5, 0.6) is 0 Å². The van der Waals surface area contributed by atoms with Gasteiger partial charge in [-0.25, -0.2) is 0 Å². The molecule has 0 spiro atoms. The summed E-state index contributed by atoms with van der Waals surface area (Å²) in [6.45, 7) is 5.85. The summed E-state index contributed by atoms with van der Waals surface area (Å²) in [5.41, 5.74) is 2.40. The van der Waals surface area contributed by atoms with E-state index in [-0.39, 0.29) is 23.6 Å². The second-order valence-corrected chi connectivity index (χ2v) is 7.74. The first kappa shape index (κ1) is 22.1. The molecule has 0 saturated heterocycles. The number of nitrogens with one attached hydrogen (secondary N) is 2. The van der Waals surface area contributed by atoms with Crippen molar-refractivity contribution in [2.45, 2.75) is 33.2 Å². The van der Waals surface area contributed by atoms with Crippen LogP contribution < -0.4 is 10.6 Å². The van der Waals surface area contributed by atoms with Crippen LogP contribution in [0.1, 0.15) is 46.5 Å². The molecule has 0 aliphatic heterocycles. The number of anilines is 1. The molecule has 0 heterocycles. The number of carbonyl (C=O) groups is 3. The fraction of sp³-hybridized carbons (Fsp3) is 0.348. The zero-order chi connectivity index (χ0) is 21.6. The minimum absolute atomic E-state index is 0.146. The lowest BCUT2D eigenvalue weighted by molar-refractivity contribution is -0.118. The monoisotopic (exact) mass is 395 g/mol. The molecular formula is C23H29N3O3. The first-order valence-electron chi connectivity index (χ1n) is 9.68. The van der Waals surface area contributed by atoms with Crippen LogP contribution >= 0.6 is 0 Å². The van der Waals surface area contributed by atoms with Gasteiger partial charge in [0.25, 0.3) is 11.8 Å². The molecule has 3 amide bonds. The molecule has 0 aliphatic carbocycles. The number of carbonyl (C=O) groups excluding carboxylic acids is 3. The van der Waals surface area contributed by atoms with Gasteiger partial charge in [-0.1, -0.05) is 38.1 Å². The van der Waals surface area contributed by atoms with E-state index in [0.717, 1.165) is 5.56 Å². The summed E-state index contributed by atoms with van der Waals surface area (Å²) < 4.78 is 0. The lowest BCUT2D eigenvalue weighted by atomic mass is 10.0. The number of benzene rings is 2. The second-order valence-electron chi connectivity index (χ2n) is 7.74. The maximum absolute atomic E-state index is 12.9. The molecule has 2 N–H and O–H groups in total. The molecule has 0 saturated carbocycles. The van der Waals surface area contributed by atoms with Crippen molar-refractivity contribution in [1.29, 1.82) is 0 Å². The Balaban J connectivity index is 2.17. The van der Waals surface area contributed by atoms with Crippen molar-refractivity contribution in [1.82, 2.24) is 10.2 Å². The molecule has 29 heavy (non-hydrogen) atoms. The number of hydrogen-bond donors (Lipinski definition) is 2. The van der Waals surface area contributed by atoms with Gasteiger partial charge in [-0.3, -0.25) is 14.4 Å². The summed E-state index contributed by atoms with van der Waals surface area (Å²) in [6, 6.07) is 13.4. The predicted octanol–water partition coefficient (Wildman–Crippen LogP) is 3.48. The van der Waals surface area contributed by atoms with E-state index < -0.39 is 6.04 Å². The maximum Gasteiger partial charge on any atom is 0.253 e. The summed E-state index contributed by atoms with van der Waals surface area (Å²) in [5.74, 6) is -0.521. The lowest BCUT2D eigenvalue weighted by Gasteiger charge is -2.21. The highest BCUT2D eigenvalue weighted by Gasteiger charge is 2.23. The fourth-order valence-electron chi connectivity index (χ4n) is 2.98. The summed E-state index contributed by atoms with van der Waals surface area (Å²) in [7, 11) is 3.35. The zero-order valence-corrected chi connectivity index (χ0v) is 17.7. The molecule has 0 fully saturated rings. The first-order chi connectivity index (χ1) is 13.7. The van der Waals surface area contributed by atoms with Crippen LogP contribution in [-0.2, 0) is 4.79 Å². The Morgan fingerprint density at radius 2 is 1.69 bits per heavy atom. The Kier molecular flexibility index (Phi) is 7.53. The van der Waals surface area contributed by atoms with Crippen molar-refractivity contribution in [3.05, 3.63) is 65.2 Å². The number of hydrogen-bond acceptors (Lipinski definition) is 3. The molecule has 154 valence electrons. The van der Waals surface area contributed by atoms with E-state index >= 15 is 0 Å². The molecule has 6 heteroatoms. The minimum Gasteiger partial charge on any atom is -0.345 e. The summed E-state index contributed by atoms with van der Waals surface area (Å²) in [6.07, 6.45) is 0.500. The third-order valence-electron chi connectivity index (χ3n) is 4.50. The van der Waals surface area contributed by atoms with Gasteiger partial charge in [0.05, 0.1) is 0 Å². The van der Waals surface area contributed by atoms with Gasteiger partial charge in [-0.05, 0) is 49.1 Å². The second kappa shape index (κ2) is 9.87. The molecular weight excluding hydrogens is 366 g/mol. The van der Waals surface area contributed by atoms with E-state index in [0.29, 0.717) is 23.2 Å². The van der Waals surface area contributed by atoms with Gasteiger partial charge in [0.1, 0.15) is 6.04 Å². The Hall–Kier alpha value is -3.15. The molecule has 0 aliphatic rings. The van der Waals surface area contributed by atoms with Gasteiger partial charge < -0.3 is 15.5 Å². The van der Waals surface area contributed by atoms with Crippen LogP contribution in [0, 0.1) is 12.8 Å². The van der Waals surface area contributed by atoms with Gasteiger partial charge in [0, 0.05) is 30.9 Å². The van der Waals surface area contributed by atoms with Gasteiger partial charge in [0.2, 0.25) is 5.91 Å². The van der Waals surface area contributed by atoms with Crippen molar-refractivity contribution in [2.24, 2.45) is 5.92 Å². The van der Waals surface area contributed by atoms with Crippen molar-refractivity contribution in [3.63, 3.8) is 0 Å². The van der Waals surface area contributed by atoms with E-state index in [1.165, 1.54) is 4.90 Å². The molecule has 6 nitrogen and oxygen atoms in total. The molecule has 0 aromatic heterocycles. The molecule has 0 bridgehead atoms. The minimum atomic E-state index is -0.685. The number of amides is 3. The summed E-state index contributed by atoms with van der Waals surface area (Å²) >= 11 is 0. The SMILES string of the molecule is Cc1ccccc1C(=O)NC(CC(C)C)C(=O)Nc1cccc(C(=O)N(C)C)c1. The standard InChI is InChI=1S/C23H29N3O3/c1-15(2)13-20(25-21(27)19-12-7-6-9-16(19)3)22(28)24-18-11-8-10-17(14-18)23(29)26(4)5/h6-12,14-15,20H,13H2,1-5H3,(H,24,28)(H,25,27). The van der Waals surface area contributed by atoms with Crippen molar-refractivity contribution >= 4 is 23.4 Å². The van der Waals surface area contributed by atoms with Crippen LogP contribution in [0.2, 0.25) is 0 Å². The topological polar surface area (TPSA) is 78.5 Å². The van der Waals surface area contributed by atoms with E-state index in [1.807, 2.05) is 32.9 Å². The first-order valence-corrected chi connectivity index (χ1v) is 9.68. The van der Waals surface area contributed by atoms with Crippen LogP contribution in [0.15, 0.2) is 48.5 Å². The van der Waals surface area contributed by atoms with E-state index in [2.05, 4.69) is 10.6 Å². The van der Waals surface area contributed by atoms with E-state index in [4.69, 9.17) is 0 Å². The van der Waals surface area contributed by atoms with E-state index in [9.17, 15) is 14.4 Å². The van der Waals surface area contributed by atoms with Crippen molar-refractivity contribution < 1.29 is 14.4 Å². The van der Waals surface area contributed by atoms with Gasteiger partial charge in [0.15, 0.2) is 0 Å². The highest BCUT2D eigenvalue weighted by molar-refractivity contribution is 6.02. The normalized spacial score (nSPS) is 11.7. The molecule has 2 rings (SSSR count). The van der Waals surface area contributed by atoms with Crippen LogP contribution in [0.4, 0.5) is 5.69 Å². The molecule has 0 radical (unpaired) electrons. The molecule has 1 atom stereocenters.